The van der Waals surface area contributed by atoms with Crippen molar-refractivity contribution in [2.24, 2.45) is 0 Å². The fourth-order valence-corrected chi connectivity index (χ4v) is 3.61. The summed E-state index contributed by atoms with van der Waals surface area (Å²) in [4.78, 5) is 0. The largest absolute Gasteiger partial charge is 0.505 e. The van der Waals surface area contributed by atoms with E-state index in [0.29, 0.717) is 4.47 Å². The van der Waals surface area contributed by atoms with Gasteiger partial charge in [-0.05, 0) is 22.9 Å². The summed E-state index contributed by atoms with van der Waals surface area (Å²) < 4.78 is 8.35. The Morgan fingerprint density at radius 3 is 2.88 bits per heavy atom. The smallest absolute Gasteiger partial charge is 0.182 e. The van der Waals surface area contributed by atoms with Crippen molar-refractivity contribution in [3.05, 3.63) is 21.7 Å². The van der Waals surface area contributed by atoms with Gasteiger partial charge in [-0.15, -0.1) is 11.3 Å². The van der Waals surface area contributed by atoms with E-state index in [9.17, 15) is 5.11 Å². The zero-order valence-electron chi connectivity index (χ0n) is 8.60. The number of rotatable bonds is 3. The molecule has 0 bridgehead atoms. The van der Waals surface area contributed by atoms with E-state index in [1.54, 1.807) is 0 Å². The van der Waals surface area contributed by atoms with Crippen molar-refractivity contribution in [2.75, 3.05) is 11.4 Å². The first-order valence-electron chi connectivity index (χ1n) is 4.39. The van der Waals surface area contributed by atoms with Crippen molar-refractivity contribution >= 4 is 45.0 Å². The van der Waals surface area contributed by atoms with Crippen LogP contribution < -0.4 is 4.31 Å². The van der Waals surface area contributed by atoms with Crippen molar-refractivity contribution < 1.29 is 9.63 Å². The predicted molar refractivity (Wildman–Crippen MR) is 69.2 cm³/mol. The lowest BCUT2D eigenvalue weighted by Crippen LogP contribution is -2.05. The normalized spacial score (nSPS) is 10.7. The maximum atomic E-state index is 9.71. The van der Waals surface area contributed by atoms with E-state index in [0.717, 1.165) is 15.8 Å². The molecule has 16 heavy (non-hydrogen) atoms. The van der Waals surface area contributed by atoms with Gasteiger partial charge >= 0.3 is 0 Å². The molecule has 0 aliphatic rings. The summed E-state index contributed by atoms with van der Waals surface area (Å²) in [5.74, 6) is 1.76. The maximum Gasteiger partial charge on any atom is 0.182 e. The van der Waals surface area contributed by atoms with Gasteiger partial charge in [-0.25, -0.2) is 0 Å². The van der Waals surface area contributed by atoms with Crippen LogP contribution in [0.15, 0.2) is 24.7 Å². The van der Waals surface area contributed by atoms with Gasteiger partial charge in [-0.1, -0.05) is 5.16 Å². The van der Waals surface area contributed by atoms with Gasteiger partial charge in [-0.3, -0.25) is 4.31 Å². The Labute approximate surface area is 110 Å². The van der Waals surface area contributed by atoms with Gasteiger partial charge in [0, 0.05) is 30.4 Å². The molecule has 2 rings (SSSR count). The maximum absolute atomic E-state index is 9.71. The summed E-state index contributed by atoms with van der Waals surface area (Å²) in [6.45, 7) is 1.84. The Hall–Kier alpha value is -0.660. The number of hydrogen-bond donors (Lipinski definition) is 1. The van der Waals surface area contributed by atoms with Crippen LogP contribution in [0.4, 0.5) is 5.82 Å². The van der Waals surface area contributed by atoms with Gasteiger partial charge in [0.25, 0.3) is 0 Å². The second-order valence-electron chi connectivity index (χ2n) is 3.10. The Morgan fingerprint density at radius 1 is 1.62 bits per heavy atom. The number of aromatic hydroxyl groups is 1. The molecule has 0 saturated heterocycles. The molecular formula is C9H9BrN2O2S2. The summed E-state index contributed by atoms with van der Waals surface area (Å²) >= 11 is 6.14. The van der Waals surface area contributed by atoms with Crippen molar-refractivity contribution in [1.29, 1.82) is 0 Å². The van der Waals surface area contributed by atoms with Crippen LogP contribution in [-0.2, 0) is 0 Å². The molecule has 0 aromatic carbocycles. The highest BCUT2D eigenvalue weighted by Crippen LogP contribution is 2.42. The molecule has 0 saturated carbocycles. The number of aromatic nitrogens is 1. The molecule has 0 fully saturated rings. The lowest BCUT2D eigenvalue weighted by Gasteiger charge is -2.12. The van der Waals surface area contributed by atoms with E-state index in [4.69, 9.17) is 4.52 Å². The van der Waals surface area contributed by atoms with E-state index in [1.165, 1.54) is 23.3 Å². The highest BCUT2D eigenvalue weighted by Gasteiger charge is 2.14. The van der Waals surface area contributed by atoms with E-state index in [-0.39, 0.29) is 5.75 Å². The monoisotopic (exact) mass is 320 g/mol. The molecule has 2 aromatic heterocycles. The number of anilines is 1. The standard InChI is InChI=1S/C9H9BrN2O2S2/c1-5-3-7(11-14-5)12(2)16-9-8(13)6(10)4-15-9/h3-4,13H,1-2H3. The van der Waals surface area contributed by atoms with Crippen molar-refractivity contribution in [2.45, 2.75) is 11.1 Å². The minimum atomic E-state index is 0.266. The molecule has 0 aliphatic carbocycles. The Kier molecular flexibility index (Phi) is 3.46. The molecule has 7 heteroatoms. The third-order valence-electron chi connectivity index (χ3n) is 1.85. The van der Waals surface area contributed by atoms with Crippen molar-refractivity contribution in [1.82, 2.24) is 5.16 Å². The molecular weight excluding hydrogens is 312 g/mol. The van der Waals surface area contributed by atoms with Gasteiger partial charge in [0.1, 0.15) is 9.97 Å². The number of halogens is 1. The van der Waals surface area contributed by atoms with Crippen LogP contribution in [0.1, 0.15) is 5.76 Å². The van der Waals surface area contributed by atoms with Gasteiger partial charge in [0.2, 0.25) is 0 Å². The highest BCUT2D eigenvalue weighted by atomic mass is 79.9. The lowest BCUT2D eigenvalue weighted by molar-refractivity contribution is 0.399. The third kappa shape index (κ3) is 2.36. The van der Waals surface area contributed by atoms with E-state index in [2.05, 4.69) is 21.1 Å². The van der Waals surface area contributed by atoms with E-state index >= 15 is 0 Å². The number of aryl methyl sites for hydroxylation is 1. The first-order chi connectivity index (χ1) is 7.58. The second-order valence-corrected chi connectivity index (χ2v) is 6.24. The van der Waals surface area contributed by atoms with Crippen LogP contribution in [0, 0.1) is 6.92 Å². The number of hydrogen-bond acceptors (Lipinski definition) is 6. The molecule has 0 radical (unpaired) electrons. The average Bonchev–Trinajstić information content (AvgIpc) is 2.79. The molecule has 0 unspecified atom stereocenters. The Morgan fingerprint density at radius 2 is 2.38 bits per heavy atom. The van der Waals surface area contributed by atoms with E-state index in [1.807, 2.05) is 29.7 Å². The summed E-state index contributed by atoms with van der Waals surface area (Å²) in [6.07, 6.45) is 0. The summed E-state index contributed by atoms with van der Waals surface area (Å²) in [5, 5.41) is 15.4. The summed E-state index contributed by atoms with van der Waals surface area (Å²) in [7, 11) is 1.87. The predicted octanol–water partition coefficient (Wildman–Crippen LogP) is 3.66. The summed E-state index contributed by atoms with van der Waals surface area (Å²) in [6, 6.07) is 1.84. The molecule has 1 N–H and O–H groups in total. The highest BCUT2D eigenvalue weighted by molar-refractivity contribution is 9.10. The van der Waals surface area contributed by atoms with Gasteiger partial charge in [0.05, 0.1) is 4.47 Å². The second kappa shape index (κ2) is 4.68. The lowest BCUT2D eigenvalue weighted by atomic mass is 10.5. The molecule has 0 atom stereocenters. The Bertz CT molecular complexity index is 497. The van der Waals surface area contributed by atoms with Crippen LogP contribution in [-0.4, -0.2) is 17.3 Å². The van der Waals surface area contributed by atoms with Gasteiger partial charge in [-0.2, -0.15) is 0 Å². The quantitative estimate of drug-likeness (QED) is 0.875. The number of nitrogens with zero attached hydrogens (tertiary/aromatic N) is 2. The average molecular weight is 321 g/mol. The van der Waals surface area contributed by atoms with E-state index < -0.39 is 0 Å². The SMILES string of the molecule is Cc1cc(N(C)Sc2scc(Br)c2O)no1. The molecule has 0 amide bonds. The molecule has 4 nitrogen and oxygen atoms in total. The molecule has 2 heterocycles. The minimum Gasteiger partial charge on any atom is -0.505 e. The van der Waals surface area contributed by atoms with Crippen LogP contribution in [0.5, 0.6) is 5.75 Å². The molecule has 0 spiro atoms. The molecule has 2 aromatic rings. The molecule has 0 aliphatic heterocycles. The van der Waals surface area contributed by atoms with Crippen LogP contribution >= 0.6 is 39.2 Å². The van der Waals surface area contributed by atoms with Crippen LogP contribution in [0.3, 0.4) is 0 Å². The Balaban J connectivity index is 2.13. The van der Waals surface area contributed by atoms with Crippen LogP contribution in [0.25, 0.3) is 0 Å². The van der Waals surface area contributed by atoms with Gasteiger partial charge < -0.3 is 9.63 Å². The molecule has 86 valence electrons. The zero-order valence-corrected chi connectivity index (χ0v) is 11.8. The zero-order chi connectivity index (χ0) is 11.7. The van der Waals surface area contributed by atoms with Crippen molar-refractivity contribution in [3.8, 4) is 5.75 Å². The van der Waals surface area contributed by atoms with Crippen molar-refractivity contribution in [3.63, 3.8) is 0 Å². The first kappa shape index (κ1) is 11.8. The third-order valence-corrected chi connectivity index (χ3v) is 4.85. The fraction of sp³-hybridized carbons (Fsp3) is 0.222. The topological polar surface area (TPSA) is 49.5 Å². The summed E-state index contributed by atoms with van der Waals surface area (Å²) in [5.41, 5.74) is 0. The first-order valence-corrected chi connectivity index (χ1v) is 6.83. The van der Waals surface area contributed by atoms with Gasteiger partial charge in [0.15, 0.2) is 11.6 Å². The minimum absolute atomic E-state index is 0.266. The number of thiophene rings is 1. The fourth-order valence-electron chi connectivity index (χ4n) is 1.05. The van der Waals surface area contributed by atoms with Crippen LogP contribution in [0.2, 0.25) is 0 Å².